The fourth-order valence-corrected chi connectivity index (χ4v) is 5.30. The summed E-state index contributed by atoms with van der Waals surface area (Å²) in [7, 11) is 1.59. The molecule has 9 nitrogen and oxygen atoms in total. The van der Waals surface area contributed by atoms with E-state index in [4.69, 9.17) is 9.47 Å². The van der Waals surface area contributed by atoms with Crippen LogP contribution in [-0.4, -0.2) is 56.6 Å². The molecule has 0 spiro atoms. The Balaban J connectivity index is 1.64. The van der Waals surface area contributed by atoms with Crippen molar-refractivity contribution in [2.45, 2.75) is 25.0 Å². The number of hydrogen-bond acceptors (Lipinski definition) is 6. The Hall–Kier alpha value is -3.89. The van der Waals surface area contributed by atoms with Gasteiger partial charge in [-0.15, -0.1) is 0 Å². The second-order valence-electron chi connectivity index (χ2n) is 8.65. The topological polar surface area (TPSA) is 119 Å². The minimum atomic E-state index is -2.84. The lowest BCUT2D eigenvalue weighted by molar-refractivity contribution is -0.153. The van der Waals surface area contributed by atoms with Gasteiger partial charge in [-0.3, -0.25) is 8.51 Å². The van der Waals surface area contributed by atoms with Gasteiger partial charge < -0.3 is 24.0 Å². The van der Waals surface area contributed by atoms with Crippen molar-refractivity contribution in [3.05, 3.63) is 84.4 Å². The van der Waals surface area contributed by atoms with Gasteiger partial charge in [0, 0.05) is 42.9 Å². The number of ether oxygens (including phenoxy) is 2. The summed E-state index contributed by atoms with van der Waals surface area (Å²) in [5, 5.41) is 9.40. The van der Waals surface area contributed by atoms with Crippen LogP contribution in [0.5, 0.6) is 5.75 Å². The zero-order chi connectivity index (χ0) is 26.4. The van der Waals surface area contributed by atoms with E-state index in [1.807, 2.05) is 42.5 Å². The van der Waals surface area contributed by atoms with Crippen molar-refractivity contribution < 1.29 is 32.9 Å². The van der Waals surface area contributed by atoms with Gasteiger partial charge in [0.1, 0.15) is 12.4 Å². The molecule has 1 aliphatic rings. The van der Waals surface area contributed by atoms with E-state index in [0.29, 0.717) is 0 Å². The molecule has 1 aliphatic heterocycles. The molecule has 3 aromatic rings. The number of carbonyl (C=O) groups is 2. The Labute approximate surface area is 217 Å². The van der Waals surface area contributed by atoms with Crippen molar-refractivity contribution in [3.8, 4) is 16.9 Å². The maximum absolute atomic E-state index is 13.5. The fourth-order valence-electron chi connectivity index (χ4n) is 4.46. The van der Waals surface area contributed by atoms with Gasteiger partial charge in [-0.25, -0.2) is 9.59 Å². The van der Waals surface area contributed by atoms with Crippen LogP contribution < -0.4 is 9.04 Å². The fraction of sp³-hybridized carbons (Fsp3) is 0.259. The number of anilines is 1. The molecular weight excluding hydrogens is 496 g/mol. The normalized spacial score (nSPS) is 15.5. The van der Waals surface area contributed by atoms with Crippen molar-refractivity contribution in [2.75, 3.05) is 24.5 Å². The SMILES string of the molecule is COc1ccc(-c2ccc(N(S(=O)[O-])C3(C(=O)OCc4ccccc4)CCN(C(=O)O)CC3)cc2)cc1. The molecule has 1 fully saturated rings. The molecule has 1 heterocycles. The average molecular weight is 524 g/mol. The molecule has 1 atom stereocenters. The highest BCUT2D eigenvalue weighted by Crippen LogP contribution is 2.37. The summed E-state index contributed by atoms with van der Waals surface area (Å²) in [6.45, 7) is -0.0411. The third-order valence-corrected chi connectivity index (χ3v) is 7.38. The first-order chi connectivity index (χ1) is 17.8. The van der Waals surface area contributed by atoms with Gasteiger partial charge in [-0.2, -0.15) is 0 Å². The first-order valence-corrected chi connectivity index (χ1v) is 12.7. The molecule has 1 N–H and O–H groups in total. The van der Waals surface area contributed by atoms with Gasteiger partial charge in [0.05, 0.1) is 7.11 Å². The molecule has 0 bridgehead atoms. The van der Waals surface area contributed by atoms with Crippen molar-refractivity contribution >= 4 is 29.0 Å². The number of esters is 1. The molecule has 1 saturated heterocycles. The van der Waals surface area contributed by atoms with Gasteiger partial charge in [0.25, 0.3) is 0 Å². The number of likely N-dealkylation sites (tertiary alicyclic amines) is 1. The highest BCUT2D eigenvalue weighted by atomic mass is 32.2. The Kier molecular flexibility index (Phi) is 8.10. The predicted molar refractivity (Wildman–Crippen MR) is 138 cm³/mol. The average Bonchev–Trinajstić information content (AvgIpc) is 2.93. The standard InChI is InChI=1S/C27H28N2O7S/c1-35-24-13-9-22(10-14-24)21-7-11-23(12-8-21)29(37(33)34)27(15-17-28(18-16-27)26(31)32)25(30)36-19-20-5-3-2-4-6-20/h2-14H,15-19H2,1H3,(H,31,32)(H,33,34)/p-1. The van der Waals surface area contributed by atoms with E-state index in [1.165, 1.54) is 4.90 Å². The minimum absolute atomic E-state index is 0.00655. The lowest BCUT2D eigenvalue weighted by Gasteiger charge is -2.47. The van der Waals surface area contributed by atoms with Crippen molar-refractivity contribution in [2.24, 2.45) is 0 Å². The Bertz CT molecular complexity index is 1240. The summed E-state index contributed by atoms with van der Waals surface area (Å²) in [6, 6.07) is 23.3. The van der Waals surface area contributed by atoms with Crippen LogP contribution >= 0.6 is 0 Å². The molecule has 4 rings (SSSR count). The summed E-state index contributed by atoms with van der Waals surface area (Å²) >= 11 is -2.84. The lowest BCUT2D eigenvalue weighted by atomic mass is 9.87. The third kappa shape index (κ3) is 5.76. The van der Waals surface area contributed by atoms with Crippen molar-refractivity contribution in [3.63, 3.8) is 0 Å². The smallest absolute Gasteiger partial charge is 0.407 e. The molecule has 0 aromatic heterocycles. The van der Waals surface area contributed by atoms with Crippen LogP contribution in [0.4, 0.5) is 10.5 Å². The van der Waals surface area contributed by atoms with E-state index >= 15 is 0 Å². The summed E-state index contributed by atoms with van der Waals surface area (Å²) < 4.78 is 37.0. The second-order valence-corrected chi connectivity index (χ2v) is 9.45. The number of carboxylic acid groups (broad SMARTS) is 1. The predicted octanol–water partition coefficient (Wildman–Crippen LogP) is 4.22. The Morgan fingerprint density at radius 3 is 2.05 bits per heavy atom. The highest BCUT2D eigenvalue weighted by Gasteiger charge is 2.49. The first kappa shape index (κ1) is 26.2. The first-order valence-electron chi connectivity index (χ1n) is 11.7. The van der Waals surface area contributed by atoms with Crippen LogP contribution in [0.25, 0.3) is 11.1 Å². The molecule has 1 unspecified atom stereocenters. The number of nitrogens with zero attached hydrogens (tertiary/aromatic N) is 2. The van der Waals surface area contributed by atoms with Gasteiger partial charge >= 0.3 is 12.1 Å². The molecular formula is C27H27N2O7S-. The number of methoxy groups -OCH3 is 1. The van der Waals surface area contributed by atoms with E-state index in [-0.39, 0.29) is 38.2 Å². The summed E-state index contributed by atoms with van der Waals surface area (Å²) in [5.74, 6) is 0.00165. The van der Waals surface area contributed by atoms with Gasteiger partial charge in [-0.1, -0.05) is 54.6 Å². The monoisotopic (exact) mass is 523 g/mol. The Morgan fingerprint density at radius 2 is 1.54 bits per heavy atom. The number of piperidine rings is 1. The molecule has 194 valence electrons. The maximum atomic E-state index is 13.5. The van der Waals surface area contributed by atoms with Gasteiger partial charge in [-0.05, 0) is 41.0 Å². The largest absolute Gasteiger partial charge is 0.755 e. The molecule has 10 heteroatoms. The second kappa shape index (κ2) is 11.4. The minimum Gasteiger partial charge on any atom is -0.755 e. The van der Waals surface area contributed by atoms with Crippen molar-refractivity contribution in [1.82, 2.24) is 4.90 Å². The number of rotatable bonds is 8. The summed E-state index contributed by atoms with van der Waals surface area (Å²) in [5.41, 5.74) is 1.21. The van der Waals surface area contributed by atoms with E-state index in [1.54, 1.807) is 43.5 Å². The van der Waals surface area contributed by atoms with Crippen LogP contribution in [0.1, 0.15) is 18.4 Å². The number of amides is 1. The van der Waals surface area contributed by atoms with Crippen LogP contribution in [-0.2, 0) is 27.4 Å². The van der Waals surface area contributed by atoms with E-state index in [9.17, 15) is 23.5 Å². The highest BCUT2D eigenvalue weighted by molar-refractivity contribution is 7.80. The molecule has 1 amide bonds. The number of carbonyl (C=O) groups excluding carboxylic acids is 1. The van der Waals surface area contributed by atoms with Crippen LogP contribution in [0, 0.1) is 0 Å². The van der Waals surface area contributed by atoms with E-state index < -0.39 is 28.9 Å². The maximum Gasteiger partial charge on any atom is 0.407 e. The van der Waals surface area contributed by atoms with E-state index in [0.717, 1.165) is 26.7 Å². The molecule has 0 saturated carbocycles. The Morgan fingerprint density at radius 1 is 0.973 bits per heavy atom. The lowest BCUT2D eigenvalue weighted by Crippen LogP contribution is -2.62. The molecule has 3 aromatic carbocycles. The van der Waals surface area contributed by atoms with Gasteiger partial charge in [0.15, 0.2) is 5.54 Å². The summed E-state index contributed by atoms with van der Waals surface area (Å²) in [4.78, 5) is 26.2. The number of benzene rings is 3. The third-order valence-electron chi connectivity index (χ3n) is 6.52. The van der Waals surface area contributed by atoms with Crippen LogP contribution in [0.3, 0.4) is 0 Å². The molecule has 0 radical (unpaired) electrons. The quantitative estimate of drug-likeness (QED) is 0.347. The van der Waals surface area contributed by atoms with E-state index in [2.05, 4.69) is 0 Å². The van der Waals surface area contributed by atoms with Crippen molar-refractivity contribution in [1.29, 1.82) is 0 Å². The summed E-state index contributed by atoms with van der Waals surface area (Å²) in [6.07, 6.45) is -1.20. The zero-order valence-electron chi connectivity index (χ0n) is 20.2. The van der Waals surface area contributed by atoms with Crippen LogP contribution in [0.15, 0.2) is 78.9 Å². The number of hydrogen-bond donors (Lipinski definition) is 1. The molecule has 37 heavy (non-hydrogen) atoms. The zero-order valence-corrected chi connectivity index (χ0v) is 21.1. The van der Waals surface area contributed by atoms with Crippen LogP contribution in [0.2, 0.25) is 0 Å². The van der Waals surface area contributed by atoms with Gasteiger partial charge in [0.2, 0.25) is 0 Å². The molecule has 0 aliphatic carbocycles.